The van der Waals surface area contributed by atoms with Gasteiger partial charge in [-0.2, -0.15) is 13.1 Å². The molecule has 0 amide bonds. The Morgan fingerprint density at radius 1 is 1.15 bits per heavy atom. The van der Waals surface area contributed by atoms with Crippen LogP contribution in [0.2, 0.25) is 0 Å². The van der Waals surface area contributed by atoms with E-state index < -0.39 is 10.3 Å². The highest BCUT2D eigenvalue weighted by molar-refractivity contribution is 7.63. The molecule has 1 aromatic carbocycles. The first-order valence-corrected chi connectivity index (χ1v) is 7.39. The molecule has 1 atom stereocenters. The predicted molar refractivity (Wildman–Crippen MR) is 77.2 cm³/mol. The number of pyridine rings is 1. The number of hydrogen-bond donors (Lipinski definition) is 1. The number of benzene rings is 1. The summed E-state index contributed by atoms with van der Waals surface area (Å²) in [6.07, 6.45) is 1.31. The minimum atomic E-state index is -2.50. The molecule has 1 unspecified atom stereocenters. The molecular formula is C15H17NO3S. The van der Waals surface area contributed by atoms with Gasteiger partial charge >= 0.3 is 0 Å². The van der Waals surface area contributed by atoms with Gasteiger partial charge in [0.05, 0.1) is 0 Å². The Labute approximate surface area is 119 Å². The normalized spacial score (nSPS) is 12.2. The minimum Gasteiger partial charge on any atom is -0.427 e. The summed E-state index contributed by atoms with van der Waals surface area (Å²) < 4.78 is 23.3. The van der Waals surface area contributed by atoms with E-state index in [4.69, 9.17) is 0 Å². The van der Waals surface area contributed by atoms with E-state index >= 15 is 0 Å². The summed E-state index contributed by atoms with van der Waals surface area (Å²) in [4.78, 5) is 0. The van der Waals surface area contributed by atoms with Crippen LogP contribution in [0.5, 0.6) is 0 Å². The Bertz CT molecular complexity index is 811. The molecule has 0 aliphatic rings. The smallest absolute Gasteiger partial charge is 0.242 e. The average molecular weight is 291 g/mol. The molecule has 0 fully saturated rings. The molecule has 0 saturated carbocycles. The topological polar surface area (TPSA) is 59.3 Å². The van der Waals surface area contributed by atoms with E-state index in [1.807, 2.05) is 39.0 Å². The first kappa shape index (κ1) is 14.4. The van der Waals surface area contributed by atoms with Crippen LogP contribution in [-0.2, 0) is 10.3 Å². The standard InChI is InChI=1S/C15H17NO3S/c1-10-6-7-11(2)14(9-10)12(3)13-5-4-8-16(17)15(13)20(18)19/h4-9,12,17H,1-3H3. The molecule has 5 heteroatoms. The van der Waals surface area contributed by atoms with Crippen LogP contribution in [0.3, 0.4) is 0 Å². The van der Waals surface area contributed by atoms with Crippen molar-refractivity contribution >= 4 is 10.3 Å². The van der Waals surface area contributed by atoms with E-state index in [1.165, 1.54) is 6.20 Å². The summed E-state index contributed by atoms with van der Waals surface area (Å²) in [6, 6.07) is 9.45. The lowest BCUT2D eigenvalue weighted by atomic mass is 9.90. The number of aryl methyl sites for hydroxylation is 2. The molecular weight excluding hydrogens is 274 g/mol. The van der Waals surface area contributed by atoms with Gasteiger partial charge in [0.15, 0.2) is 0 Å². The van der Waals surface area contributed by atoms with Crippen LogP contribution in [0.25, 0.3) is 0 Å². The summed E-state index contributed by atoms with van der Waals surface area (Å²) in [5.74, 6) is -0.123. The van der Waals surface area contributed by atoms with E-state index in [0.717, 1.165) is 16.7 Å². The van der Waals surface area contributed by atoms with Crippen LogP contribution in [0.4, 0.5) is 0 Å². The fourth-order valence-electron chi connectivity index (χ4n) is 2.40. The van der Waals surface area contributed by atoms with E-state index in [0.29, 0.717) is 10.3 Å². The second kappa shape index (κ2) is 5.54. The Hall–Kier alpha value is -2.01. The van der Waals surface area contributed by atoms with Crippen molar-refractivity contribution < 1.29 is 13.6 Å². The average Bonchev–Trinajstić information content (AvgIpc) is 2.40. The highest BCUT2D eigenvalue weighted by atomic mass is 32.2. The highest BCUT2D eigenvalue weighted by Gasteiger charge is 2.15. The molecule has 1 heterocycles. The fourth-order valence-corrected chi connectivity index (χ4v) is 3.05. The van der Waals surface area contributed by atoms with E-state index in [9.17, 15) is 13.6 Å². The van der Waals surface area contributed by atoms with Gasteiger partial charge in [-0.3, -0.25) is 0 Å². The van der Waals surface area contributed by atoms with E-state index in [1.54, 1.807) is 12.1 Å². The molecule has 2 rings (SSSR count). The lowest BCUT2D eigenvalue weighted by molar-refractivity contribution is 0.178. The van der Waals surface area contributed by atoms with Crippen LogP contribution in [0.15, 0.2) is 36.5 Å². The molecule has 4 nitrogen and oxygen atoms in total. The third-order valence-electron chi connectivity index (χ3n) is 3.48. The van der Waals surface area contributed by atoms with Gasteiger partial charge in [-0.15, -0.1) is 0 Å². The van der Waals surface area contributed by atoms with Crippen molar-refractivity contribution in [3.05, 3.63) is 63.4 Å². The molecule has 0 saturated heterocycles. The van der Waals surface area contributed by atoms with Crippen molar-refractivity contribution in [3.63, 3.8) is 0 Å². The molecule has 1 aromatic heterocycles. The van der Waals surface area contributed by atoms with Crippen LogP contribution >= 0.6 is 0 Å². The monoisotopic (exact) mass is 291 g/mol. The third kappa shape index (κ3) is 2.63. The second-order valence-corrected chi connectivity index (χ2v) is 5.79. The zero-order chi connectivity index (χ0) is 14.9. The van der Waals surface area contributed by atoms with Gasteiger partial charge in [0, 0.05) is 17.7 Å². The van der Waals surface area contributed by atoms with Gasteiger partial charge in [-0.05, 0) is 31.0 Å². The maximum Gasteiger partial charge on any atom is 0.242 e. The maximum absolute atomic E-state index is 11.3. The Morgan fingerprint density at radius 3 is 2.50 bits per heavy atom. The van der Waals surface area contributed by atoms with Crippen molar-refractivity contribution in [3.8, 4) is 0 Å². The van der Waals surface area contributed by atoms with Gasteiger partial charge < -0.3 is 5.21 Å². The van der Waals surface area contributed by atoms with Gasteiger partial charge in [0.25, 0.3) is 0 Å². The minimum absolute atomic E-state index is 0.0964. The van der Waals surface area contributed by atoms with Crippen LogP contribution in [0, 0.1) is 18.5 Å². The molecule has 0 spiro atoms. The zero-order valence-corrected chi connectivity index (χ0v) is 12.5. The van der Waals surface area contributed by atoms with Crippen molar-refractivity contribution in [2.75, 3.05) is 0 Å². The summed E-state index contributed by atoms with van der Waals surface area (Å²) in [5, 5.41) is 9.71. The van der Waals surface area contributed by atoms with Crippen LogP contribution in [-0.4, -0.2) is 18.4 Å². The van der Waals surface area contributed by atoms with Crippen LogP contribution < -0.4 is 0 Å². The highest BCUT2D eigenvalue weighted by Crippen LogP contribution is 2.27. The molecule has 0 aliphatic heterocycles. The number of hydrogen-bond acceptors (Lipinski definition) is 3. The summed E-state index contributed by atoms with van der Waals surface area (Å²) in [5.41, 5.74) is 3.86. The Balaban J connectivity index is 2.73. The lowest BCUT2D eigenvalue weighted by Gasteiger charge is -2.16. The number of aromatic nitrogens is 1. The molecule has 0 radical (unpaired) electrons. The first-order valence-electron chi connectivity index (χ1n) is 6.32. The van der Waals surface area contributed by atoms with E-state index in [-0.39, 0.29) is 10.6 Å². The largest absolute Gasteiger partial charge is 0.427 e. The zero-order valence-electron chi connectivity index (χ0n) is 11.7. The van der Waals surface area contributed by atoms with Crippen molar-refractivity contribution in [2.45, 2.75) is 26.7 Å². The third-order valence-corrected chi connectivity index (χ3v) is 4.22. The Kier molecular flexibility index (Phi) is 3.99. The summed E-state index contributed by atoms with van der Waals surface area (Å²) >= 11 is 0. The number of nitrogens with zero attached hydrogens (tertiary/aromatic N) is 1. The summed E-state index contributed by atoms with van der Waals surface area (Å²) in [7, 11) is -2.50. The van der Waals surface area contributed by atoms with Gasteiger partial charge in [0.1, 0.15) is 0 Å². The molecule has 106 valence electrons. The number of rotatable bonds is 2. The van der Waals surface area contributed by atoms with E-state index in [2.05, 4.69) is 0 Å². The lowest BCUT2D eigenvalue weighted by Crippen LogP contribution is -2.06. The fraction of sp³-hybridized carbons (Fsp3) is 0.267. The molecule has 1 N–H and O–H groups in total. The first-order chi connectivity index (χ1) is 9.41. The second-order valence-electron chi connectivity index (χ2n) is 4.93. The van der Waals surface area contributed by atoms with Gasteiger partial charge in [-0.1, -0.05) is 36.8 Å². The van der Waals surface area contributed by atoms with Gasteiger partial charge in [-0.25, -0.2) is 0 Å². The molecule has 0 bridgehead atoms. The van der Waals surface area contributed by atoms with Crippen molar-refractivity contribution in [2.24, 2.45) is 0 Å². The predicted octanol–water partition coefficient (Wildman–Crippen LogP) is 2.91. The quantitative estimate of drug-likeness (QED) is 0.683. The molecule has 20 heavy (non-hydrogen) atoms. The van der Waals surface area contributed by atoms with Gasteiger partial charge in [0.2, 0.25) is 14.9 Å². The van der Waals surface area contributed by atoms with Crippen molar-refractivity contribution in [1.29, 1.82) is 0 Å². The molecule has 2 aromatic rings. The SMILES string of the molecule is Cc1ccc(C)c(C(C)c2cccn(O)c2=S(=O)=O)c1. The Morgan fingerprint density at radius 2 is 1.85 bits per heavy atom. The van der Waals surface area contributed by atoms with Crippen LogP contribution in [0.1, 0.15) is 35.1 Å². The maximum atomic E-state index is 11.3. The molecule has 0 aliphatic carbocycles. The summed E-state index contributed by atoms with van der Waals surface area (Å²) in [6.45, 7) is 5.93. The van der Waals surface area contributed by atoms with Crippen molar-refractivity contribution in [1.82, 2.24) is 4.73 Å².